The molecule has 108 valence electrons. The maximum atomic E-state index is 10.1. The summed E-state index contributed by atoms with van der Waals surface area (Å²) < 4.78 is 10.9. The van der Waals surface area contributed by atoms with Crippen LogP contribution in [-0.2, 0) is 4.74 Å². The molecule has 0 spiro atoms. The third-order valence-corrected chi connectivity index (χ3v) is 3.12. The Morgan fingerprint density at radius 1 is 1.35 bits per heavy atom. The zero-order valence-electron chi connectivity index (χ0n) is 12.3. The minimum atomic E-state index is -0.204. The van der Waals surface area contributed by atoms with Gasteiger partial charge in [0.1, 0.15) is 11.9 Å². The number of nitrogens with zero attached hydrogens (tertiary/aromatic N) is 2. The summed E-state index contributed by atoms with van der Waals surface area (Å²) in [6, 6.07) is 5.43. The minimum absolute atomic E-state index is 0.167. The fraction of sp³-hybridized carbons (Fsp3) is 0.467. The molecular weight excluding hydrogens is 256 g/mol. The van der Waals surface area contributed by atoms with Crippen molar-refractivity contribution >= 4 is 0 Å². The van der Waals surface area contributed by atoms with Gasteiger partial charge < -0.3 is 14.4 Å². The minimum Gasteiger partial charge on any atom is -0.507 e. The zero-order valence-corrected chi connectivity index (χ0v) is 12.3. The van der Waals surface area contributed by atoms with Gasteiger partial charge in [-0.25, -0.2) is 0 Å². The van der Waals surface area contributed by atoms with Crippen LogP contribution in [0.15, 0.2) is 22.7 Å². The lowest BCUT2D eigenvalue weighted by Crippen LogP contribution is -2.12. The third kappa shape index (κ3) is 2.82. The second-order valence-corrected chi connectivity index (χ2v) is 5.05. The van der Waals surface area contributed by atoms with Gasteiger partial charge in [0.05, 0.1) is 5.56 Å². The number of rotatable bonds is 5. The number of aromatic hydroxyl groups is 1. The highest BCUT2D eigenvalue weighted by Crippen LogP contribution is 2.32. The average Bonchev–Trinajstić information content (AvgIpc) is 2.88. The predicted octanol–water partition coefficient (Wildman–Crippen LogP) is 3.48. The highest BCUT2D eigenvalue weighted by Gasteiger charge is 2.23. The SMILES string of the molecule is CCOC(c1noc(-c2cccc(C)c2O)n1)C(C)C. The van der Waals surface area contributed by atoms with Crippen molar-refractivity contribution in [2.24, 2.45) is 5.92 Å². The third-order valence-electron chi connectivity index (χ3n) is 3.12. The molecule has 0 radical (unpaired) electrons. The first-order valence-electron chi connectivity index (χ1n) is 6.78. The molecule has 0 fully saturated rings. The highest BCUT2D eigenvalue weighted by molar-refractivity contribution is 5.64. The van der Waals surface area contributed by atoms with E-state index in [4.69, 9.17) is 9.26 Å². The van der Waals surface area contributed by atoms with E-state index in [0.29, 0.717) is 23.9 Å². The van der Waals surface area contributed by atoms with E-state index >= 15 is 0 Å². The molecule has 2 aromatic rings. The van der Waals surface area contributed by atoms with Crippen LogP contribution in [0.5, 0.6) is 5.75 Å². The monoisotopic (exact) mass is 276 g/mol. The summed E-state index contributed by atoms with van der Waals surface area (Å²) in [4.78, 5) is 4.36. The lowest BCUT2D eigenvalue weighted by atomic mass is 10.1. The quantitative estimate of drug-likeness (QED) is 0.905. The molecule has 0 bridgehead atoms. The Morgan fingerprint density at radius 3 is 2.75 bits per heavy atom. The normalized spacial score (nSPS) is 12.8. The summed E-state index contributed by atoms with van der Waals surface area (Å²) in [5.74, 6) is 1.23. The molecule has 0 saturated heterocycles. The van der Waals surface area contributed by atoms with Gasteiger partial charge in [-0.1, -0.05) is 31.1 Å². The molecule has 0 saturated carbocycles. The van der Waals surface area contributed by atoms with Gasteiger partial charge in [-0.3, -0.25) is 0 Å². The topological polar surface area (TPSA) is 68.4 Å². The number of hydrogen-bond acceptors (Lipinski definition) is 5. The number of para-hydroxylation sites is 1. The van der Waals surface area contributed by atoms with E-state index in [-0.39, 0.29) is 17.8 Å². The van der Waals surface area contributed by atoms with Crippen LogP contribution < -0.4 is 0 Å². The fourth-order valence-electron chi connectivity index (χ4n) is 2.04. The van der Waals surface area contributed by atoms with Gasteiger partial charge in [0, 0.05) is 6.61 Å². The summed E-state index contributed by atoms with van der Waals surface area (Å²) >= 11 is 0. The largest absolute Gasteiger partial charge is 0.507 e. The van der Waals surface area contributed by atoms with Gasteiger partial charge in [-0.05, 0) is 31.4 Å². The van der Waals surface area contributed by atoms with Gasteiger partial charge in [-0.2, -0.15) is 4.98 Å². The molecule has 5 nitrogen and oxygen atoms in total. The Kier molecular flexibility index (Phi) is 4.39. The molecule has 5 heteroatoms. The summed E-state index contributed by atoms with van der Waals surface area (Å²) in [5, 5.41) is 14.0. The van der Waals surface area contributed by atoms with Gasteiger partial charge in [0.2, 0.25) is 5.82 Å². The molecule has 1 aromatic carbocycles. The van der Waals surface area contributed by atoms with Gasteiger partial charge >= 0.3 is 0 Å². The molecule has 0 amide bonds. The summed E-state index contributed by atoms with van der Waals surface area (Å²) in [6.45, 7) is 8.43. The Bertz CT molecular complexity index is 578. The van der Waals surface area contributed by atoms with E-state index in [1.54, 1.807) is 6.07 Å². The van der Waals surface area contributed by atoms with Crippen LogP contribution in [-0.4, -0.2) is 21.9 Å². The van der Waals surface area contributed by atoms with Gasteiger partial charge in [0.25, 0.3) is 5.89 Å². The second kappa shape index (κ2) is 6.05. The van der Waals surface area contributed by atoms with Crippen molar-refractivity contribution < 1.29 is 14.4 Å². The first-order valence-corrected chi connectivity index (χ1v) is 6.78. The number of ether oxygens (including phenoxy) is 1. The van der Waals surface area contributed by atoms with E-state index in [2.05, 4.69) is 10.1 Å². The first-order chi connectivity index (χ1) is 9.54. The fourth-order valence-corrected chi connectivity index (χ4v) is 2.04. The number of aromatic nitrogens is 2. The maximum Gasteiger partial charge on any atom is 0.261 e. The molecule has 1 N–H and O–H groups in total. The van der Waals surface area contributed by atoms with Crippen LogP contribution in [0.25, 0.3) is 11.5 Å². The molecule has 2 rings (SSSR count). The molecule has 0 aliphatic carbocycles. The number of benzene rings is 1. The van der Waals surface area contributed by atoms with Crippen molar-refractivity contribution in [1.82, 2.24) is 10.1 Å². The van der Waals surface area contributed by atoms with Crippen molar-refractivity contribution in [1.29, 1.82) is 0 Å². The average molecular weight is 276 g/mol. The molecular formula is C15H20N2O3. The molecule has 20 heavy (non-hydrogen) atoms. The molecule has 1 aromatic heterocycles. The highest BCUT2D eigenvalue weighted by atomic mass is 16.5. The second-order valence-electron chi connectivity index (χ2n) is 5.05. The van der Waals surface area contributed by atoms with Crippen molar-refractivity contribution in [3.05, 3.63) is 29.6 Å². The Morgan fingerprint density at radius 2 is 2.10 bits per heavy atom. The van der Waals surface area contributed by atoms with E-state index < -0.39 is 0 Å². The number of hydrogen-bond donors (Lipinski definition) is 1. The predicted molar refractivity (Wildman–Crippen MR) is 75.3 cm³/mol. The number of phenols is 1. The van der Waals surface area contributed by atoms with E-state index in [1.807, 2.05) is 39.8 Å². The summed E-state index contributed by atoms with van der Waals surface area (Å²) in [7, 11) is 0. The lowest BCUT2D eigenvalue weighted by Gasteiger charge is -2.16. The van der Waals surface area contributed by atoms with E-state index in [0.717, 1.165) is 5.56 Å². The van der Waals surface area contributed by atoms with Crippen molar-refractivity contribution in [3.63, 3.8) is 0 Å². The standard InChI is InChI=1S/C15H20N2O3/c1-5-19-13(9(2)3)14-16-15(20-17-14)11-8-6-7-10(4)12(11)18/h6-9,13,18H,5H2,1-4H3. The number of phenolic OH excluding ortho intramolecular Hbond substituents is 1. The van der Waals surface area contributed by atoms with Crippen molar-refractivity contribution in [3.8, 4) is 17.2 Å². The number of aryl methyl sites for hydroxylation is 1. The lowest BCUT2D eigenvalue weighted by molar-refractivity contribution is 0.0217. The maximum absolute atomic E-state index is 10.1. The smallest absolute Gasteiger partial charge is 0.261 e. The van der Waals surface area contributed by atoms with Crippen molar-refractivity contribution in [2.45, 2.75) is 33.8 Å². The molecule has 1 heterocycles. The van der Waals surface area contributed by atoms with Crippen LogP contribution in [0.3, 0.4) is 0 Å². The first kappa shape index (κ1) is 14.5. The van der Waals surface area contributed by atoms with Crippen LogP contribution in [0.2, 0.25) is 0 Å². The Balaban J connectivity index is 2.35. The molecule has 1 atom stereocenters. The van der Waals surface area contributed by atoms with E-state index in [1.165, 1.54) is 0 Å². The van der Waals surface area contributed by atoms with Gasteiger partial charge in [-0.15, -0.1) is 0 Å². The van der Waals surface area contributed by atoms with Crippen LogP contribution in [0.4, 0.5) is 0 Å². The van der Waals surface area contributed by atoms with E-state index in [9.17, 15) is 5.11 Å². The Hall–Kier alpha value is -1.88. The summed E-state index contributed by atoms with van der Waals surface area (Å²) in [6.07, 6.45) is -0.204. The molecule has 0 aliphatic heterocycles. The van der Waals surface area contributed by atoms with Gasteiger partial charge in [0.15, 0.2) is 0 Å². The zero-order chi connectivity index (χ0) is 14.7. The molecule has 1 unspecified atom stereocenters. The van der Waals surface area contributed by atoms with Crippen LogP contribution in [0.1, 0.15) is 38.3 Å². The Labute approximate surface area is 118 Å². The summed E-state index contributed by atoms with van der Waals surface area (Å²) in [5.41, 5.74) is 1.32. The van der Waals surface area contributed by atoms with Crippen molar-refractivity contribution in [2.75, 3.05) is 6.61 Å². The van der Waals surface area contributed by atoms with Crippen LogP contribution in [0, 0.1) is 12.8 Å². The van der Waals surface area contributed by atoms with Crippen LogP contribution >= 0.6 is 0 Å². The molecule has 0 aliphatic rings.